The Morgan fingerprint density at radius 1 is 1.35 bits per heavy atom. The van der Waals surface area contributed by atoms with Crippen molar-refractivity contribution < 1.29 is 4.79 Å². The van der Waals surface area contributed by atoms with Crippen molar-refractivity contribution in [1.82, 2.24) is 14.3 Å². The van der Waals surface area contributed by atoms with Crippen LogP contribution in [0.3, 0.4) is 0 Å². The molecule has 0 N–H and O–H groups in total. The van der Waals surface area contributed by atoms with Gasteiger partial charge in [-0.05, 0) is 33.6 Å². The van der Waals surface area contributed by atoms with Gasteiger partial charge in [0.2, 0.25) is 5.91 Å². The molecule has 0 aromatic carbocycles. The second-order valence-electron chi connectivity index (χ2n) is 5.73. The molecular weight excluding hydrogens is 270 g/mol. The van der Waals surface area contributed by atoms with Crippen LogP contribution in [0.25, 0.3) is 4.83 Å². The number of hydrogen-bond donors (Lipinski definition) is 0. The van der Waals surface area contributed by atoms with Crippen LogP contribution in [0.4, 0.5) is 0 Å². The summed E-state index contributed by atoms with van der Waals surface area (Å²) in [7, 11) is 0. The van der Waals surface area contributed by atoms with Gasteiger partial charge in [0.05, 0.1) is 5.69 Å². The lowest BCUT2D eigenvalue weighted by atomic mass is 9.95. The molecule has 3 rings (SSSR count). The number of rotatable bonds is 1. The molecule has 0 unspecified atom stereocenters. The Labute approximate surface area is 123 Å². The maximum atomic E-state index is 11.6. The van der Waals surface area contributed by atoms with Crippen molar-refractivity contribution in [3.8, 4) is 0 Å². The highest BCUT2D eigenvalue weighted by atomic mass is 32.1. The van der Waals surface area contributed by atoms with Gasteiger partial charge in [0.25, 0.3) is 0 Å². The van der Waals surface area contributed by atoms with Crippen LogP contribution in [0, 0.1) is 20.8 Å². The molecule has 0 aliphatic carbocycles. The first-order valence-electron chi connectivity index (χ1n) is 7.19. The highest BCUT2D eigenvalue weighted by molar-refractivity contribution is 7.17. The van der Waals surface area contributed by atoms with E-state index in [4.69, 9.17) is 4.98 Å². The number of likely N-dealkylation sites (tertiary alicyclic amines) is 1. The van der Waals surface area contributed by atoms with E-state index < -0.39 is 0 Å². The standard InChI is InChI=1S/C15H21N3OS/c1-9-10(2)20-15-14(16-11(3)18(9)15)13-6-5-7-17(8-13)12(4)19/h13H,5-8H2,1-4H3/t13-/m1/s1. The lowest BCUT2D eigenvalue weighted by molar-refractivity contribution is -0.130. The van der Waals surface area contributed by atoms with Crippen molar-refractivity contribution in [2.75, 3.05) is 13.1 Å². The molecule has 1 atom stereocenters. The average molecular weight is 291 g/mol. The summed E-state index contributed by atoms with van der Waals surface area (Å²) < 4.78 is 2.27. The van der Waals surface area contributed by atoms with Crippen molar-refractivity contribution in [3.05, 3.63) is 22.1 Å². The molecule has 0 radical (unpaired) electrons. The highest BCUT2D eigenvalue weighted by Gasteiger charge is 2.27. The first-order valence-corrected chi connectivity index (χ1v) is 8.01. The number of fused-ring (bicyclic) bond motifs is 1. The van der Waals surface area contributed by atoms with Crippen LogP contribution < -0.4 is 0 Å². The number of aromatic nitrogens is 2. The number of carbonyl (C=O) groups is 1. The smallest absolute Gasteiger partial charge is 0.219 e. The number of aryl methyl sites for hydroxylation is 3. The van der Waals surface area contributed by atoms with Gasteiger partial charge in [-0.2, -0.15) is 0 Å². The second kappa shape index (κ2) is 4.88. The van der Waals surface area contributed by atoms with Crippen molar-refractivity contribution in [1.29, 1.82) is 0 Å². The van der Waals surface area contributed by atoms with E-state index in [2.05, 4.69) is 25.2 Å². The largest absolute Gasteiger partial charge is 0.342 e. The van der Waals surface area contributed by atoms with Crippen LogP contribution in [0.15, 0.2) is 0 Å². The van der Waals surface area contributed by atoms with Gasteiger partial charge in [-0.25, -0.2) is 4.98 Å². The summed E-state index contributed by atoms with van der Waals surface area (Å²) >= 11 is 1.83. The topological polar surface area (TPSA) is 37.6 Å². The van der Waals surface area contributed by atoms with Gasteiger partial charge in [-0.1, -0.05) is 0 Å². The molecule has 1 fully saturated rings. The molecule has 0 bridgehead atoms. The Balaban J connectivity index is 2.02. The minimum absolute atomic E-state index is 0.181. The van der Waals surface area contributed by atoms with Gasteiger partial charge >= 0.3 is 0 Å². The van der Waals surface area contributed by atoms with Crippen molar-refractivity contribution in [2.24, 2.45) is 0 Å². The van der Waals surface area contributed by atoms with Gasteiger partial charge in [0.1, 0.15) is 10.7 Å². The van der Waals surface area contributed by atoms with Crippen LogP contribution in [-0.2, 0) is 4.79 Å². The summed E-state index contributed by atoms with van der Waals surface area (Å²) in [5.74, 6) is 1.63. The summed E-state index contributed by atoms with van der Waals surface area (Å²) in [5.41, 5.74) is 2.48. The molecule has 1 saturated heterocycles. The molecular formula is C15H21N3OS. The van der Waals surface area contributed by atoms with E-state index in [9.17, 15) is 4.79 Å². The molecule has 5 heteroatoms. The van der Waals surface area contributed by atoms with Crippen LogP contribution in [0.2, 0.25) is 0 Å². The maximum Gasteiger partial charge on any atom is 0.219 e. The zero-order valence-corrected chi connectivity index (χ0v) is 13.4. The first-order chi connectivity index (χ1) is 9.49. The third-order valence-corrected chi connectivity index (χ3v) is 5.56. The molecule has 0 saturated carbocycles. The number of piperidine rings is 1. The number of thiazole rings is 1. The summed E-state index contributed by atoms with van der Waals surface area (Å²) in [4.78, 5) is 21.0. The molecule has 2 aromatic heterocycles. The van der Waals surface area contributed by atoms with Gasteiger partial charge in [-0.15, -0.1) is 11.3 Å². The van der Waals surface area contributed by atoms with Crippen molar-refractivity contribution >= 4 is 22.1 Å². The van der Waals surface area contributed by atoms with Crippen LogP contribution in [-0.4, -0.2) is 33.3 Å². The van der Waals surface area contributed by atoms with Crippen LogP contribution in [0.1, 0.15) is 47.8 Å². The molecule has 1 aliphatic heterocycles. The molecule has 2 aromatic rings. The molecule has 4 nitrogen and oxygen atoms in total. The van der Waals surface area contributed by atoms with E-state index in [1.54, 1.807) is 6.92 Å². The monoisotopic (exact) mass is 291 g/mol. The van der Waals surface area contributed by atoms with Crippen molar-refractivity contribution in [3.63, 3.8) is 0 Å². The summed E-state index contributed by atoms with van der Waals surface area (Å²) in [5, 5.41) is 0. The molecule has 20 heavy (non-hydrogen) atoms. The Kier molecular flexibility index (Phi) is 3.32. The van der Waals surface area contributed by atoms with Crippen LogP contribution in [0.5, 0.6) is 0 Å². The first kappa shape index (κ1) is 13.6. The van der Waals surface area contributed by atoms with E-state index in [1.807, 2.05) is 16.2 Å². The second-order valence-corrected chi connectivity index (χ2v) is 6.94. The third-order valence-electron chi connectivity index (χ3n) is 4.38. The summed E-state index contributed by atoms with van der Waals surface area (Å²) in [6.07, 6.45) is 2.21. The quantitative estimate of drug-likeness (QED) is 0.810. The van der Waals surface area contributed by atoms with E-state index in [0.29, 0.717) is 5.92 Å². The Morgan fingerprint density at radius 3 is 2.80 bits per heavy atom. The zero-order chi connectivity index (χ0) is 14.4. The fraction of sp³-hybridized carbons (Fsp3) is 0.600. The van der Waals surface area contributed by atoms with Gasteiger partial charge in [0, 0.05) is 36.5 Å². The highest BCUT2D eigenvalue weighted by Crippen LogP contribution is 2.34. The van der Waals surface area contributed by atoms with Gasteiger partial charge in [0.15, 0.2) is 0 Å². The molecule has 1 amide bonds. The predicted molar refractivity (Wildman–Crippen MR) is 81.5 cm³/mol. The fourth-order valence-electron chi connectivity index (χ4n) is 3.16. The Hall–Kier alpha value is -1.36. The minimum Gasteiger partial charge on any atom is -0.342 e. The van der Waals surface area contributed by atoms with E-state index in [-0.39, 0.29) is 5.91 Å². The minimum atomic E-state index is 0.181. The average Bonchev–Trinajstić information content (AvgIpc) is 2.89. The lowest BCUT2D eigenvalue weighted by Gasteiger charge is -2.31. The number of carbonyl (C=O) groups excluding carboxylic acids is 1. The number of nitrogens with zero attached hydrogens (tertiary/aromatic N) is 3. The zero-order valence-electron chi connectivity index (χ0n) is 12.6. The Bertz CT molecular complexity index is 670. The Morgan fingerprint density at radius 2 is 2.10 bits per heavy atom. The van der Waals surface area contributed by atoms with E-state index >= 15 is 0 Å². The molecule has 108 valence electrons. The van der Waals surface area contributed by atoms with E-state index in [0.717, 1.165) is 31.8 Å². The number of hydrogen-bond acceptors (Lipinski definition) is 3. The fourth-order valence-corrected chi connectivity index (χ4v) is 4.36. The molecule has 0 spiro atoms. The summed E-state index contributed by atoms with van der Waals surface area (Å²) in [6.45, 7) is 9.76. The third kappa shape index (κ3) is 2.04. The van der Waals surface area contributed by atoms with E-state index in [1.165, 1.54) is 21.1 Å². The van der Waals surface area contributed by atoms with Crippen molar-refractivity contribution in [2.45, 2.75) is 46.5 Å². The summed E-state index contributed by atoms with van der Waals surface area (Å²) in [6, 6.07) is 0. The van der Waals surface area contributed by atoms with Crippen LogP contribution >= 0.6 is 11.3 Å². The maximum absolute atomic E-state index is 11.6. The molecule has 3 heterocycles. The predicted octanol–water partition coefficient (Wildman–Crippen LogP) is 3.05. The number of amides is 1. The SMILES string of the molecule is CC(=O)N1CCC[C@@H](c2nc(C)n3c(C)c(C)sc23)C1. The number of imidazole rings is 1. The van der Waals surface area contributed by atoms with Gasteiger partial charge in [-0.3, -0.25) is 9.20 Å². The lowest BCUT2D eigenvalue weighted by Crippen LogP contribution is -2.37. The van der Waals surface area contributed by atoms with Gasteiger partial charge < -0.3 is 4.90 Å². The molecule has 1 aliphatic rings. The normalized spacial score (nSPS) is 19.8.